The maximum Gasteiger partial charge on any atom is 0.245 e. The number of carbonyl (C=O) groups excluding carboxylic acids is 6. The summed E-state index contributed by atoms with van der Waals surface area (Å²) in [6.45, 7) is 3.66. The Kier molecular flexibility index (Phi) is 34.5. The maximum absolute atomic E-state index is 12.7. The molecular weight excluding hydrogens is 1600 g/mol. The molecule has 26 heteroatoms. The van der Waals surface area contributed by atoms with Gasteiger partial charge in [0.1, 0.15) is 6.04 Å². The van der Waals surface area contributed by atoms with Crippen molar-refractivity contribution in [3.8, 4) is 0 Å². The summed E-state index contributed by atoms with van der Waals surface area (Å²) in [5.41, 5.74) is 23.6. The van der Waals surface area contributed by atoms with Crippen LogP contribution in [0.2, 0.25) is 0 Å². The lowest BCUT2D eigenvalue weighted by Crippen LogP contribution is -2.41. The van der Waals surface area contributed by atoms with Gasteiger partial charge in [-0.1, -0.05) is 105 Å². The smallest absolute Gasteiger partial charge is 0.245 e. The number of fused-ring (bicyclic) bond motifs is 6. The first kappa shape index (κ1) is 91.8. The second-order valence-electron chi connectivity index (χ2n) is 32.2. The molecule has 4 fully saturated rings. The van der Waals surface area contributed by atoms with Gasteiger partial charge in [-0.05, 0) is 256 Å². The third kappa shape index (κ3) is 27.6. The van der Waals surface area contributed by atoms with E-state index in [0.29, 0.717) is 18.0 Å². The van der Waals surface area contributed by atoms with Crippen LogP contribution in [0.3, 0.4) is 0 Å². The van der Waals surface area contributed by atoms with Gasteiger partial charge in [0.15, 0.2) is 0 Å². The standard InChI is InChI=1S/C18H19N3OS.C18H23N3O.C17H15N3O.C16H19N3O.2C15H17N3O.H2S/c1-21(2)17(11-16-4-3-9-23-16)18(22)20-15-6-5-13-7-8-19-12-14(13)10-15;19-17(10-13-4-2-1-3-5-13)18(22)21-16-7-6-14-8-9-20-12-15(14)11-16;18-16(13-4-2-1-3-5-13)17(21)20-15-7-6-12-8-9-19-11-14(12)10-15;17-14-4-1-12(2-5-14)16(20)19-15-6-3-11-7-8-18-10-13(11)9-15;19-15(12-4-6-16-7-5-12)18-14-2-1-11-3-8-17-10-13(11)9-14;19-15(12-2-1-6-16-9-12)18-14-4-3-11-5-7-17-10-13(11)8-14;/h3-10,12,17H,11H2,1-2H3,(H,20,22);6-9,11-13,17H,1-5,10,19H2,(H,21,22);1-11,16H,18H2,(H,20,21);3,6-10,12,14H,1-2,4-5,17H2,(H,19,20);1-3,8-10,12,16H,4-7H2,(H,18,19);3-5,7-8,10,12,16H,1-2,6,9H2,(H,18,19);1H2/t2*17-;;;;;/m01...../s1. The molecule has 14 N–H and O–H groups in total. The Labute approximate surface area is 740 Å². The molecule has 18 rings (SSSR count). The number of nitrogens with zero attached hydrogens (tertiary/aromatic N) is 7. The minimum atomic E-state index is -0.684. The van der Waals surface area contributed by atoms with Crippen molar-refractivity contribution >= 4 is 159 Å². The van der Waals surface area contributed by atoms with Crippen LogP contribution in [0.5, 0.6) is 0 Å². The Morgan fingerprint density at radius 1 is 0.392 bits per heavy atom. The summed E-state index contributed by atoms with van der Waals surface area (Å²) in [6, 6.07) is 59.2. The normalized spacial score (nSPS) is 16.4. The van der Waals surface area contributed by atoms with Crippen LogP contribution in [0.4, 0.5) is 34.1 Å². The Morgan fingerprint density at radius 2 is 0.776 bits per heavy atom. The van der Waals surface area contributed by atoms with Crippen LogP contribution in [0.15, 0.2) is 268 Å². The highest BCUT2D eigenvalue weighted by Gasteiger charge is 2.28. The van der Waals surface area contributed by atoms with Crippen LogP contribution in [0, 0.1) is 23.7 Å². The lowest BCUT2D eigenvalue weighted by Gasteiger charge is -2.25. The molecule has 0 bridgehead atoms. The molecule has 2 aliphatic heterocycles. The quantitative estimate of drug-likeness (QED) is 0.0380. The number of hydrogen-bond donors (Lipinski definition) is 11. The number of pyridine rings is 6. The molecule has 0 radical (unpaired) electrons. The van der Waals surface area contributed by atoms with E-state index in [9.17, 15) is 28.8 Å². The molecule has 9 heterocycles. The molecule has 7 aromatic carbocycles. The van der Waals surface area contributed by atoms with Crippen LogP contribution in [0.25, 0.3) is 64.6 Å². The van der Waals surface area contributed by atoms with Crippen LogP contribution in [0.1, 0.15) is 106 Å². The first-order valence-corrected chi connectivity index (χ1v) is 43.6. The van der Waals surface area contributed by atoms with Gasteiger partial charge in [0, 0.05) is 177 Å². The predicted octanol–water partition coefficient (Wildman–Crippen LogP) is 16.9. The molecule has 14 aromatic rings. The molecule has 7 aromatic heterocycles. The Morgan fingerprint density at radius 3 is 1.16 bits per heavy atom. The number of nitrogens with one attached hydrogen (secondary N) is 8. The lowest BCUT2D eigenvalue weighted by molar-refractivity contribution is -0.121. The number of aromatic nitrogens is 6. The van der Waals surface area contributed by atoms with Crippen molar-refractivity contribution < 1.29 is 28.8 Å². The number of thiophene rings is 1. The second-order valence-corrected chi connectivity index (χ2v) is 33.3. The van der Waals surface area contributed by atoms with Gasteiger partial charge in [-0.15, -0.1) is 11.3 Å². The number of hydrogen-bond acceptors (Lipinski definition) is 19. The van der Waals surface area contributed by atoms with Crippen molar-refractivity contribution in [2.75, 3.05) is 72.2 Å². The van der Waals surface area contributed by atoms with Gasteiger partial charge in [0.05, 0.1) is 18.0 Å². The summed E-state index contributed by atoms with van der Waals surface area (Å²) >= 11 is 1.68. The Bertz CT molecular complexity index is 5760. The molecule has 4 atom stereocenters. The van der Waals surface area contributed by atoms with Gasteiger partial charge < -0.3 is 59.7 Å². The van der Waals surface area contributed by atoms with E-state index in [2.05, 4.69) is 78.5 Å². The second kappa shape index (κ2) is 46.9. The van der Waals surface area contributed by atoms with E-state index in [0.717, 1.165) is 183 Å². The number of benzene rings is 7. The van der Waals surface area contributed by atoms with Crippen molar-refractivity contribution in [1.29, 1.82) is 0 Å². The Hall–Kier alpha value is -12.4. The van der Waals surface area contributed by atoms with Crippen LogP contribution in [-0.4, -0.2) is 129 Å². The van der Waals surface area contributed by atoms with E-state index >= 15 is 0 Å². The van der Waals surface area contributed by atoms with Crippen molar-refractivity contribution in [3.63, 3.8) is 0 Å². The zero-order valence-electron chi connectivity index (χ0n) is 70.7. The summed E-state index contributed by atoms with van der Waals surface area (Å²) in [7, 11) is 3.87. The average molecular weight is 1710 g/mol. The Balaban J connectivity index is 0.000000137. The highest BCUT2D eigenvalue weighted by atomic mass is 32.1. The molecular formula is C99H112N18O6S2. The third-order valence-electron chi connectivity index (χ3n) is 23.0. The number of likely N-dealkylation sites (N-methyl/N-ethyl adjacent to an activating group) is 1. The number of rotatable bonds is 18. The first-order chi connectivity index (χ1) is 60.5. The van der Waals surface area contributed by atoms with Crippen molar-refractivity contribution in [2.45, 2.75) is 120 Å². The van der Waals surface area contributed by atoms with E-state index in [1.165, 1.54) is 37.0 Å². The highest BCUT2D eigenvalue weighted by Crippen LogP contribution is 2.31. The van der Waals surface area contributed by atoms with Gasteiger partial charge in [0.25, 0.3) is 0 Å². The van der Waals surface area contributed by atoms with E-state index in [-0.39, 0.29) is 78.8 Å². The molecule has 0 spiro atoms. The van der Waals surface area contributed by atoms with E-state index < -0.39 is 12.1 Å². The van der Waals surface area contributed by atoms with E-state index in [1.54, 1.807) is 67.1 Å². The number of anilines is 6. The third-order valence-corrected chi connectivity index (χ3v) is 23.9. The molecule has 2 saturated carbocycles. The molecule has 125 heavy (non-hydrogen) atoms. The van der Waals surface area contributed by atoms with Gasteiger partial charge in [0.2, 0.25) is 35.4 Å². The summed E-state index contributed by atoms with van der Waals surface area (Å²) in [5.74, 6) is 0.948. The minimum Gasteiger partial charge on any atom is -0.328 e. The molecule has 24 nitrogen and oxygen atoms in total. The SMILES string of the molecule is CN(C)[C@@H](Cc1cccs1)C(=O)Nc1ccc2ccncc2c1.NC(C(=O)Nc1ccc2ccncc2c1)c1ccccc1.NC1CCC(C(=O)Nc2ccc3ccncc3c2)CC1.N[C@H](CC1CCCCC1)C(=O)Nc1ccc2ccncc2c1.O=C(Nc1ccc2ccncc2c1)C1CCCNC1.O=C(Nc1ccc2ccncc2c1)C1CCNCC1.S. The number of carbonyl (C=O) groups is 6. The fourth-order valence-corrected chi connectivity index (χ4v) is 16.5. The van der Waals surface area contributed by atoms with Gasteiger partial charge in [-0.3, -0.25) is 63.6 Å². The first-order valence-electron chi connectivity index (χ1n) is 42.8. The van der Waals surface area contributed by atoms with Crippen LogP contribution in [-0.2, 0) is 35.2 Å². The highest BCUT2D eigenvalue weighted by molar-refractivity contribution is 7.59. The average Bonchev–Trinajstić information content (AvgIpc) is 1.26. The van der Waals surface area contributed by atoms with Crippen LogP contribution < -0.4 is 59.7 Å². The fourth-order valence-electron chi connectivity index (χ4n) is 15.8. The van der Waals surface area contributed by atoms with Crippen molar-refractivity contribution in [2.24, 2.45) is 40.9 Å². The van der Waals surface area contributed by atoms with Crippen molar-refractivity contribution in [3.05, 3.63) is 278 Å². The summed E-state index contributed by atoms with van der Waals surface area (Å²) in [6.07, 6.45) is 36.7. The molecule has 2 saturated heterocycles. The molecule has 4 aliphatic rings. The summed E-state index contributed by atoms with van der Waals surface area (Å²) < 4.78 is 0. The topological polar surface area (TPSA) is 357 Å². The van der Waals surface area contributed by atoms with Crippen molar-refractivity contribution in [1.82, 2.24) is 45.4 Å². The summed E-state index contributed by atoms with van der Waals surface area (Å²) in [5, 5.41) is 39.2. The maximum atomic E-state index is 12.7. The van der Waals surface area contributed by atoms with Crippen LogP contribution >= 0.6 is 24.8 Å². The van der Waals surface area contributed by atoms with Gasteiger partial charge >= 0.3 is 0 Å². The lowest BCUT2D eigenvalue weighted by atomic mass is 9.85. The molecule has 646 valence electrons. The predicted molar refractivity (Wildman–Crippen MR) is 512 cm³/mol. The largest absolute Gasteiger partial charge is 0.328 e. The van der Waals surface area contributed by atoms with E-state index in [1.807, 2.05) is 225 Å². The monoisotopic (exact) mass is 1710 g/mol. The summed E-state index contributed by atoms with van der Waals surface area (Å²) in [4.78, 5) is 101. The van der Waals surface area contributed by atoms with E-state index in [4.69, 9.17) is 17.2 Å². The number of nitrogens with two attached hydrogens (primary N) is 3. The zero-order valence-corrected chi connectivity index (χ0v) is 72.5. The van der Waals surface area contributed by atoms with Gasteiger partial charge in [-0.25, -0.2) is 0 Å². The van der Waals surface area contributed by atoms with Gasteiger partial charge in [-0.2, -0.15) is 13.5 Å². The molecule has 2 unspecified atom stereocenters. The zero-order chi connectivity index (χ0) is 86.4. The minimum absolute atomic E-state index is 0. The molecule has 6 amide bonds. The number of piperidine rings is 2. The fraction of sp³-hybridized carbons (Fsp3) is 0.293. The number of amides is 6. The molecule has 2 aliphatic carbocycles.